The number of halogens is 2. The highest BCUT2D eigenvalue weighted by atomic mass is 32.1. The summed E-state index contributed by atoms with van der Waals surface area (Å²) in [6.07, 6.45) is 0.946. The third kappa shape index (κ3) is 3.91. The van der Waals surface area contributed by atoms with Gasteiger partial charge in [-0.2, -0.15) is 0 Å². The van der Waals surface area contributed by atoms with E-state index in [0.29, 0.717) is 35.1 Å². The van der Waals surface area contributed by atoms with E-state index in [1.54, 1.807) is 11.3 Å². The van der Waals surface area contributed by atoms with Crippen LogP contribution in [0.25, 0.3) is 10.2 Å². The van der Waals surface area contributed by atoms with Gasteiger partial charge in [-0.1, -0.05) is 29.5 Å². The smallest absolute Gasteiger partial charge is 0.202 e. The van der Waals surface area contributed by atoms with Gasteiger partial charge >= 0.3 is 0 Å². The van der Waals surface area contributed by atoms with Crippen LogP contribution in [0.5, 0.6) is 0 Å². The summed E-state index contributed by atoms with van der Waals surface area (Å²) in [5.41, 5.74) is 2.36. The zero-order valence-electron chi connectivity index (χ0n) is 17.7. The van der Waals surface area contributed by atoms with Crippen LogP contribution < -0.4 is 10.6 Å². The molecular formula is C25H18F2N4OS2. The summed E-state index contributed by atoms with van der Waals surface area (Å²) < 4.78 is 29.2. The lowest BCUT2D eigenvalue weighted by Gasteiger charge is -2.33. The first kappa shape index (κ1) is 21.1. The number of carbonyl (C=O) groups excluding carboxylic acids is 1. The lowest BCUT2D eigenvalue weighted by atomic mass is 9.80. The standard InChI is InChI=1S/C25H18F2N4OS2/c26-15-8-14(9-16(27)12-15)23-22-18(10-13(11-19(22)32)20-6-3-7-33-20)28-24(30-23)31-25-29-17-4-1-2-5-21(17)34-25/h1-9,12-13,23H,10-11H2,(H2,28,29,30,31). The highest BCUT2D eigenvalue weighted by molar-refractivity contribution is 7.22. The Kier molecular flexibility index (Phi) is 5.23. The fourth-order valence-electron chi connectivity index (χ4n) is 4.52. The number of aromatic nitrogens is 1. The van der Waals surface area contributed by atoms with Crippen molar-refractivity contribution in [2.24, 2.45) is 4.99 Å². The Morgan fingerprint density at radius 2 is 1.85 bits per heavy atom. The predicted octanol–water partition coefficient (Wildman–Crippen LogP) is 6.15. The number of anilines is 1. The number of guanidine groups is 1. The Labute approximate surface area is 201 Å². The molecule has 0 radical (unpaired) electrons. The molecule has 1 aliphatic carbocycles. The number of ketones is 1. The Morgan fingerprint density at radius 3 is 2.62 bits per heavy atom. The molecule has 5 nitrogen and oxygen atoms in total. The zero-order valence-corrected chi connectivity index (χ0v) is 19.4. The first-order chi connectivity index (χ1) is 16.5. The number of hydrogen-bond donors (Lipinski definition) is 2. The molecular weight excluding hydrogens is 474 g/mol. The van der Waals surface area contributed by atoms with Crippen molar-refractivity contribution in [3.63, 3.8) is 0 Å². The maximum absolute atomic E-state index is 14.1. The van der Waals surface area contributed by atoms with Gasteiger partial charge in [0.15, 0.2) is 10.9 Å². The van der Waals surface area contributed by atoms with Gasteiger partial charge in [0.05, 0.1) is 10.2 Å². The summed E-state index contributed by atoms with van der Waals surface area (Å²) in [6.45, 7) is 0. The molecule has 0 amide bonds. The third-order valence-corrected chi connectivity index (χ3v) is 7.96. The maximum Gasteiger partial charge on any atom is 0.202 e. The lowest BCUT2D eigenvalue weighted by Crippen LogP contribution is -2.39. The Hall–Kier alpha value is -3.43. The quantitative estimate of drug-likeness (QED) is 0.360. The van der Waals surface area contributed by atoms with E-state index >= 15 is 0 Å². The molecule has 4 aromatic rings. The molecule has 9 heteroatoms. The summed E-state index contributed by atoms with van der Waals surface area (Å²) >= 11 is 3.10. The van der Waals surface area contributed by atoms with Gasteiger partial charge in [-0.15, -0.1) is 11.3 Å². The van der Waals surface area contributed by atoms with E-state index in [-0.39, 0.29) is 11.7 Å². The molecule has 0 saturated heterocycles. The number of para-hydroxylation sites is 1. The molecule has 2 N–H and O–H groups in total. The highest BCUT2D eigenvalue weighted by Gasteiger charge is 2.37. The van der Waals surface area contributed by atoms with Crippen LogP contribution in [0, 0.1) is 11.6 Å². The van der Waals surface area contributed by atoms with Crippen molar-refractivity contribution >= 4 is 49.8 Å². The van der Waals surface area contributed by atoms with Crippen LogP contribution in [0.2, 0.25) is 0 Å². The van der Waals surface area contributed by atoms with Crippen molar-refractivity contribution in [3.05, 3.63) is 93.3 Å². The lowest BCUT2D eigenvalue weighted by molar-refractivity contribution is -0.116. The van der Waals surface area contributed by atoms with Crippen molar-refractivity contribution in [1.82, 2.24) is 10.3 Å². The second-order valence-corrected chi connectivity index (χ2v) is 10.3. The number of Topliss-reactive ketones (excluding diaryl/α,β-unsaturated/α-hetero) is 1. The van der Waals surface area contributed by atoms with Gasteiger partial charge in [0.1, 0.15) is 17.7 Å². The predicted molar refractivity (Wildman–Crippen MR) is 131 cm³/mol. The van der Waals surface area contributed by atoms with E-state index in [0.717, 1.165) is 26.9 Å². The molecule has 2 aliphatic rings. The molecule has 0 fully saturated rings. The average molecular weight is 493 g/mol. The van der Waals surface area contributed by atoms with Crippen LogP contribution in [0.1, 0.15) is 35.2 Å². The molecule has 2 atom stereocenters. The van der Waals surface area contributed by atoms with Crippen LogP contribution in [0.15, 0.2) is 76.2 Å². The van der Waals surface area contributed by atoms with Gasteiger partial charge in [-0.25, -0.2) is 18.8 Å². The van der Waals surface area contributed by atoms with E-state index < -0.39 is 17.7 Å². The van der Waals surface area contributed by atoms with Gasteiger partial charge in [0.25, 0.3) is 0 Å². The molecule has 0 saturated carbocycles. The van der Waals surface area contributed by atoms with Crippen molar-refractivity contribution in [2.75, 3.05) is 5.32 Å². The summed E-state index contributed by atoms with van der Waals surface area (Å²) in [5.74, 6) is -1.03. The number of thiazole rings is 1. The van der Waals surface area contributed by atoms with Crippen molar-refractivity contribution in [1.29, 1.82) is 0 Å². The number of hydrogen-bond acceptors (Lipinski definition) is 7. The fraction of sp³-hybridized carbons (Fsp3) is 0.160. The number of rotatable bonds is 3. The number of fused-ring (bicyclic) bond motifs is 1. The number of allylic oxidation sites excluding steroid dienone is 1. The Bertz CT molecular complexity index is 1420. The number of nitrogens with one attached hydrogen (secondary N) is 2. The minimum atomic E-state index is -0.810. The second-order valence-electron chi connectivity index (χ2n) is 8.26. The summed E-state index contributed by atoms with van der Waals surface area (Å²) in [7, 11) is 0. The molecule has 3 heterocycles. The molecule has 2 unspecified atom stereocenters. The van der Waals surface area contributed by atoms with Crippen molar-refractivity contribution in [3.8, 4) is 0 Å². The van der Waals surface area contributed by atoms with Crippen molar-refractivity contribution < 1.29 is 13.6 Å². The number of carbonyl (C=O) groups is 1. The number of benzene rings is 2. The van der Waals surface area contributed by atoms with Gasteiger partial charge in [0, 0.05) is 34.6 Å². The zero-order chi connectivity index (χ0) is 23.2. The van der Waals surface area contributed by atoms with Gasteiger partial charge in [-0.05, 0) is 47.7 Å². The van der Waals surface area contributed by atoms with Crippen LogP contribution in [0.4, 0.5) is 13.9 Å². The molecule has 0 bridgehead atoms. The second kappa shape index (κ2) is 8.41. The normalized spacial score (nSPS) is 20.2. The monoisotopic (exact) mass is 492 g/mol. The van der Waals surface area contributed by atoms with E-state index in [4.69, 9.17) is 0 Å². The third-order valence-electron chi connectivity index (χ3n) is 5.97. The fourth-order valence-corrected chi connectivity index (χ4v) is 6.22. The maximum atomic E-state index is 14.1. The van der Waals surface area contributed by atoms with Crippen LogP contribution in [0.3, 0.4) is 0 Å². The molecule has 2 aromatic heterocycles. The average Bonchev–Trinajstić information content (AvgIpc) is 3.47. The van der Waals surface area contributed by atoms with Crippen LogP contribution in [-0.2, 0) is 4.79 Å². The van der Waals surface area contributed by atoms with E-state index in [1.165, 1.54) is 23.5 Å². The molecule has 1 aliphatic heterocycles. The van der Waals surface area contributed by atoms with E-state index in [2.05, 4.69) is 20.6 Å². The summed E-state index contributed by atoms with van der Waals surface area (Å²) in [4.78, 5) is 23.7. The molecule has 2 aromatic carbocycles. The minimum Gasteiger partial charge on any atom is -0.329 e. The Balaban J connectivity index is 1.40. The van der Waals surface area contributed by atoms with Gasteiger partial charge < -0.3 is 10.6 Å². The van der Waals surface area contributed by atoms with E-state index in [1.807, 2.05) is 41.8 Å². The number of aliphatic imine (C=N–C) groups is 1. The number of nitrogens with zero attached hydrogens (tertiary/aromatic N) is 2. The molecule has 0 spiro atoms. The molecule has 34 heavy (non-hydrogen) atoms. The first-order valence-electron chi connectivity index (χ1n) is 10.8. The minimum absolute atomic E-state index is 0.0467. The summed E-state index contributed by atoms with van der Waals surface area (Å²) in [5, 5.41) is 9.13. The Morgan fingerprint density at radius 1 is 1.03 bits per heavy atom. The van der Waals surface area contributed by atoms with Crippen LogP contribution >= 0.6 is 22.7 Å². The van der Waals surface area contributed by atoms with Crippen molar-refractivity contribution in [2.45, 2.75) is 24.8 Å². The van der Waals surface area contributed by atoms with Gasteiger partial charge in [-0.3, -0.25) is 4.79 Å². The highest BCUT2D eigenvalue weighted by Crippen LogP contribution is 2.42. The summed E-state index contributed by atoms with van der Waals surface area (Å²) in [6, 6.07) is 14.3. The topological polar surface area (TPSA) is 66.4 Å². The van der Waals surface area contributed by atoms with E-state index in [9.17, 15) is 13.6 Å². The number of thiophene rings is 1. The first-order valence-corrected chi connectivity index (χ1v) is 12.5. The molecule has 6 rings (SSSR count). The van der Waals surface area contributed by atoms with Crippen LogP contribution in [-0.4, -0.2) is 16.7 Å². The molecule has 170 valence electrons. The van der Waals surface area contributed by atoms with Gasteiger partial charge in [0.2, 0.25) is 5.96 Å². The SMILES string of the molecule is O=C1CC(c2cccs2)CC2=C1C(c1cc(F)cc(F)c1)N=C(Nc1nc3ccccc3s1)N2. The largest absolute Gasteiger partial charge is 0.329 e.